The second-order valence-corrected chi connectivity index (χ2v) is 7.38. The number of carboxylic acid groups (broad SMARTS) is 2. The monoisotopic (exact) mass is 510 g/mol. The van der Waals surface area contributed by atoms with E-state index in [9.17, 15) is 22.8 Å². The summed E-state index contributed by atoms with van der Waals surface area (Å²) in [7, 11) is 1.48. The second kappa shape index (κ2) is 13.1. The van der Waals surface area contributed by atoms with Gasteiger partial charge in [-0.3, -0.25) is 4.79 Å². The number of methoxy groups -OCH3 is 1. The van der Waals surface area contributed by atoms with Gasteiger partial charge in [0.2, 0.25) is 0 Å². The number of hydrogen-bond donors (Lipinski definition) is 3. The number of carboxylic acids is 2. The van der Waals surface area contributed by atoms with Gasteiger partial charge in [-0.1, -0.05) is 24.3 Å². The van der Waals surface area contributed by atoms with Gasteiger partial charge in [0.1, 0.15) is 0 Å². The Morgan fingerprint density at radius 2 is 1.72 bits per heavy atom. The highest BCUT2D eigenvalue weighted by Crippen LogP contribution is 2.28. The van der Waals surface area contributed by atoms with E-state index < -0.39 is 24.7 Å². The smallest absolute Gasteiger partial charge is 0.490 e. The van der Waals surface area contributed by atoms with E-state index in [1.54, 1.807) is 24.3 Å². The number of aliphatic carboxylic acids is 2. The van der Waals surface area contributed by atoms with E-state index in [4.69, 9.17) is 24.5 Å². The minimum atomic E-state index is -5.08. The van der Waals surface area contributed by atoms with Crippen LogP contribution in [0.3, 0.4) is 0 Å². The van der Waals surface area contributed by atoms with Crippen molar-refractivity contribution in [2.24, 2.45) is 0 Å². The van der Waals surface area contributed by atoms with Gasteiger partial charge in [0.05, 0.1) is 7.11 Å². The largest absolute Gasteiger partial charge is 0.493 e. The summed E-state index contributed by atoms with van der Waals surface area (Å²) in [6.07, 6.45) is -1.87. The number of rotatable bonds is 8. The molecule has 36 heavy (non-hydrogen) atoms. The van der Waals surface area contributed by atoms with Crippen LogP contribution in [0.15, 0.2) is 48.5 Å². The van der Waals surface area contributed by atoms with Crippen molar-refractivity contribution in [1.82, 2.24) is 5.32 Å². The lowest BCUT2D eigenvalue weighted by Crippen LogP contribution is -2.43. The summed E-state index contributed by atoms with van der Waals surface area (Å²) in [6, 6.07) is 12.7. The fraction of sp³-hybridized carbons (Fsp3) is 0.292. The van der Waals surface area contributed by atoms with Crippen molar-refractivity contribution >= 4 is 29.5 Å². The number of ketones is 1. The lowest BCUT2D eigenvalue weighted by Gasteiger charge is -2.29. The van der Waals surface area contributed by atoms with E-state index in [0.717, 1.165) is 37.4 Å². The normalized spacial score (nSPS) is 13.5. The van der Waals surface area contributed by atoms with Crippen LogP contribution in [0.1, 0.15) is 15.9 Å². The molecule has 12 heteroatoms. The zero-order valence-electron chi connectivity index (χ0n) is 19.2. The molecule has 1 fully saturated rings. The molecular weight excluding hydrogens is 485 g/mol. The summed E-state index contributed by atoms with van der Waals surface area (Å²) < 4.78 is 42.2. The average Bonchev–Trinajstić information content (AvgIpc) is 2.86. The first-order valence-electron chi connectivity index (χ1n) is 10.6. The Bertz CT molecular complexity index is 1100. The molecule has 0 aromatic heterocycles. The third-order valence-corrected chi connectivity index (χ3v) is 4.82. The van der Waals surface area contributed by atoms with Gasteiger partial charge in [-0.15, -0.1) is 0 Å². The molecule has 9 nitrogen and oxygen atoms in total. The van der Waals surface area contributed by atoms with Gasteiger partial charge < -0.3 is 29.9 Å². The molecule has 1 saturated heterocycles. The van der Waals surface area contributed by atoms with Crippen molar-refractivity contribution in [1.29, 1.82) is 0 Å². The fourth-order valence-corrected chi connectivity index (χ4v) is 3.09. The molecule has 1 heterocycles. The van der Waals surface area contributed by atoms with Crippen molar-refractivity contribution in [2.45, 2.75) is 6.18 Å². The van der Waals surface area contributed by atoms with Crippen LogP contribution in [0.2, 0.25) is 0 Å². The number of benzene rings is 2. The highest BCUT2D eigenvalue weighted by Gasteiger charge is 2.38. The number of piperazine rings is 1. The zero-order valence-corrected chi connectivity index (χ0v) is 19.2. The number of alkyl halides is 3. The Hall–Kier alpha value is -4.06. The summed E-state index contributed by atoms with van der Waals surface area (Å²) in [4.78, 5) is 34.4. The summed E-state index contributed by atoms with van der Waals surface area (Å²) in [6.45, 7) is 3.26. The molecule has 0 atom stereocenters. The second-order valence-electron chi connectivity index (χ2n) is 7.38. The van der Waals surface area contributed by atoms with Gasteiger partial charge in [-0.25, -0.2) is 9.59 Å². The Kier molecular flexibility index (Phi) is 10.3. The molecule has 2 aromatic rings. The molecule has 1 aliphatic heterocycles. The van der Waals surface area contributed by atoms with Gasteiger partial charge in [0, 0.05) is 37.4 Å². The van der Waals surface area contributed by atoms with Crippen molar-refractivity contribution in [3.05, 3.63) is 59.7 Å². The van der Waals surface area contributed by atoms with Gasteiger partial charge in [0.25, 0.3) is 0 Å². The molecule has 2 aromatic carbocycles. The predicted octanol–water partition coefficient (Wildman–Crippen LogP) is 3.10. The van der Waals surface area contributed by atoms with Crippen molar-refractivity contribution in [3.63, 3.8) is 0 Å². The number of nitrogens with zero attached hydrogens (tertiary/aromatic N) is 1. The number of ether oxygens (including phenoxy) is 2. The Morgan fingerprint density at radius 1 is 1.06 bits per heavy atom. The first-order chi connectivity index (χ1) is 17.0. The van der Waals surface area contributed by atoms with Crippen LogP contribution in [0, 0.1) is 0 Å². The maximum absolute atomic E-state index is 12.6. The third kappa shape index (κ3) is 8.95. The van der Waals surface area contributed by atoms with Crippen molar-refractivity contribution in [2.75, 3.05) is 44.8 Å². The van der Waals surface area contributed by atoms with Crippen LogP contribution in [0.4, 0.5) is 18.9 Å². The molecular formula is C24H25F3N2O7. The molecule has 0 radical (unpaired) electrons. The zero-order chi connectivity index (χ0) is 26.7. The molecule has 0 bridgehead atoms. The van der Waals surface area contributed by atoms with E-state index >= 15 is 0 Å². The van der Waals surface area contributed by atoms with Gasteiger partial charge in [-0.05, 0) is 35.9 Å². The molecule has 0 spiro atoms. The maximum Gasteiger partial charge on any atom is 0.490 e. The maximum atomic E-state index is 12.6. The Morgan fingerprint density at radius 3 is 2.31 bits per heavy atom. The Balaban J connectivity index is 0.000000572. The summed E-state index contributed by atoms with van der Waals surface area (Å²) in [5.74, 6) is -3.17. The van der Waals surface area contributed by atoms with Crippen LogP contribution >= 0.6 is 0 Å². The molecule has 0 amide bonds. The number of carbonyl (C=O) groups excluding carboxylic acids is 1. The highest BCUT2D eigenvalue weighted by atomic mass is 19.4. The van der Waals surface area contributed by atoms with E-state index in [0.29, 0.717) is 17.1 Å². The van der Waals surface area contributed by atoms with Crippen molar-refractivity contribution in [3.8, 4) is 11.5 Å². The van der Waals surface area contributed by atoms with Crippen LogP contribution < -0.4 is 19.7 Å². The van der Waals surface area contributed by atoms with Crippen LogP contribution in [-0.4, -0.2) is 74.0 Å². The lowest BCUT2D eigenvalue weighted by atomic mass is 10.1. The number of anilines is 1. The number of nitrogens with one attached hydrogen (secondary N) is 1. The topological polar surface area (TPSA) is 125 Å². The highest BCUT2D eigenvalue weighted by molar-refractivity contribution is 6.07. The van der Waals surface area contributed by atoms with E-state index in [1.807, 2.05) is 24.3 Å². The van der Waals surface area contributed by atoms with Crippen LogP contribution in [0.25, 0.3) is 6.08 Å². The quantitative estimate of drug-likeness (QED) is 0.363. The minimum absolute atomic E-state index is 0.0906. The number of carbonyl (C=O) groups is 3. The summed E-state index contributed by atoms with van der Waals surface area (Å²) in [5.41, 5.74) is 2.43. The molecule has 3 rings (SSSR count). The van der Waals surface area contributed by atoms with Crippen LogP contribution in [0.5, 0.6) is 11.5 Å². The number of halogens is 3. The standard InChI is InChI=1S/C22H24N2O5.C2HF3O2/c1-28-21-13-16(6-8-20(21)29-15-22(26)27)5-7-19(25)17-3-2-4-18(14-17)24-11-9-23-10-12-24;3-2(4,5)1(6)7/h2-8,13-14,23H,9-12,15H2,1H3,(H,26,27);(H,6,7)/b7-5+;. The summed E-state index contributed by atoms with van der Waals surface area (Å²) >= 11 is 0. The van der Waals surface area contributed by atoms with Crippen molar-refractivity contribution < 1.29 is 47.2 Å². The van der Waals surface area contributed by atoms with E-state index in [-0.39, 0.29) is 5.78 Å². The fourth-order valence-electron chi connectivity index (χ4n) is 3.09. The molecule has 3 N–H and O–H groups in total. The van der Waals surface area contributed by atoms with Crippen LogP contribution in [-0.2, 0) is 9.59 Å². The molecule has 1 aliphatic rings. The Labute approximate surface area is 204 Å². The van der Waals surface area contributed by atoms with E-state index in [1.165, 1.54) is 13.2 Å². The number of hydrogen-bond acceptors (Lipinski definition) is 7. The van der Waals surface area contributed by atoms with Gasteiger partial charge in [0.15, 0.2) is 23.9 Å². The van der Waals surface area contributed by atoms with Gasteiger partial charge in [-0.2, -0.15) is 13.2 Å². The first kappa shape index (κ1) is 28.2. The molecule has 0 saturated carbocycles. The molecule has 0 unspecified atom stereocenters. The first-order valence-corrected chi connectivity index (χ1v) is 10.6. The average molecular weight is 510 g/mol. The summed E-state index contributed by atoms with van der Waals surface area (Å²) in [5, 5.41) is 19.2. The number of allylic oxidation sites excluding steroid dienone is 1. The predicted molar refractivity (Wildman–Crippen MR) is 125 cm³/mol. The molecule has 0 aliphatic carbocycles. The molecule has 194 valence electrons. The SMILES string of the molecule is COc1cc(/C=C/C(=O)c2cccc(N3CCNCC3)c2)ccc1OCC(=O)O.O=C(O)C(F)(F)F. The minimum Gasteiger partial charge on any atom is -0.493 e. The van der Waals surface area contributed by atoms with E-state index in [2.05, 4.69) is 10.2 Å². The third-order valence-electron chi connectivity index (χ3n) is 4.82. The lowest BCUT2D eigenvalue weighted by molar-refractivity contribution is -0.192. The van der Waals surface area contributed by atoms with Gasteiger partial charge >= 0.3 is 18.1 Å².